The Morgan fingerprint density at radius 1 is 1.19 bits per heavy atom. The standard InChI is InChI=1S/C21H34BrNO2Si/c1-20(2,3)26(6,7)25-21(4)14-12-18(13-15-21)23(5)19(24)16-8-10-17(22)11-9-16/h8-11,18H,12-15H2,1-7H3/t18-,21+. The molecule has 0 radical (unpaired) electrons. The second-order valence-electron chi connectivity index (χ2n) is 9.47. The van der Waals surface area contributed by atoms with Crippen LogP contribution in [-0.2, 0) is 4.43 Å². The third-order valence-corrected chi connectivity index (χ3v) is 11.4. The predicted molar refractivity (Wildman–Crippen MR) is 115 cm³/mol. The van der Waals surface area contributed by atoms with Crippen LogP contribution in [-0.4, -0.2) is 37.8 Å². The summed E-state index contributed by atoms with van der Waals surface area (Å²) >= 11 is 3.42. The van der Waals surface area contributed by atoms with Gasteiger partial charge in [0.25, 0.3) is 5.91 Å². The van der Waals surface area contributed by atoms with Crippen LogP contribution in [0.4, 0.5) is 0 Å². The average Bonchev–Trinajstić information content (AvgIpc) is 2.53. The molecule has 0 aromatic heterocycles. The topological polar surface area (TPSA) is 29.5 Å². The van der Waals surface area contributed by atoms with Crippen LogP contribution in [0.5, 0.6) is 0 Å². The normalized spacial score (nSPS) is 24.4. The van der Waals surface area contributed by atoms with Crippen molar-refractivity contribution in [3.8, 4) is 0 Å². The van der Waals surface area contributed by atoms with Crippen molar-refractivity contribution in [1.82, 2.24) is 4.90 Å². The minimum Gasteiger partial charge on any atom is -0.412 e. The molecule has 0 spiro atoms. The molecule has 2 rings (SSSR count). The van der Waals surface area contributed by atoms with Gasteiger partial charge < -0.3 is 9.33 Å². The van der Waals surface area contributed by atoms with E-state index in [0.717, 1.165) is 35.7 Å². The highest BCUT2D eigenvalue weighted by Gasteiger charge is 2.44. The van der Waals surface area contributed by atoms with Crippen molar-refractivity contribution < 1.29 is 9.22 Å². The monoisotopic (exact) mass is 439 g/mol. The van der Waals surface area contributed by atoms with Gasteiger partial charge in [0.2, 0.25) is 0 Å². The fourth-order valence-electron chi connectivity index (χ4n) is 3.43. The minimum absolute atomic E-state index is 0.0546. The fourth-order valence-corrected chi connectivity index (χ4v) is 5.44. The molecule has 0 bridgehead atoms. The molecule has 0 heterocycles. The number of halogens is 1. The van der Waals surface area contributed by atoms with E-state index in [4.69, 9.17) is 4.43 Å². The van der Waals surface area contributed by atoms with Crippen LogP contribution in [0, 0.1) is 0 Å². The lowest BCUT2D eigenvalue weighted by Gasteiger charge is -2.48. The first-order chi connectivity index (χ1) is 11.8. The predicted octanol–water partition coefficient (Wildman–Crippen LogP) is 6.24. The molecule has 1 amide bonds. The summed E-state index contributed by atoms with van der Waals surface area (Å²) in [6.45, 7) is 13.8. The van der Waals surface area contributed by atoms with Crippen LogP contribution in [0.3, 0.4) is 0 Å². The van der Waals surface area contributed by atoms with E-state index in [0.29, 0.717) is 6.04 Å². The highest BCUT2D eigenvalue weighted by Crippen LogP contribution is 2.43. The molecule has 0 saturated heterocycles. The molecule has 0 atom stereocenters. The van der Waals surface area contributed by atoms with Crippen molar-refractivity contribution in [3.05, 3.63) is 34.3 Å². The minimum atomic E-state index is -1.78. The average molecular weight is 440 g/mol. The number of hydrogen-bond donors (Lipinski definition) is 0. The summed E-state index contributed by atoms with van der Waals surface area (Å²) in [5.41, 5.74) is 0.697. The highest BCUT2D eigenvalue weighted by molar-refractivity contribution is 9.10. The van der Waals surface area contributed by atoms with Crippen molar-refractivity contribution in [2.24, 2.45) is 0 Å². The molecule has 0 aliphatic heterocycles. The summed E-state index contributed by atoms with van der Waals surface area (Å²) in [4.78, 5) is 14.7. The Morgan fingerprint density at radius 2 is 1.69 bits per heavy atom. The van der Waals surface area contributed by atoms with E-state index in [2.05, 4.69) is 56.7 Å². The third-order valence-electron chi connectivity index (χ3n) is 6.28. The zero-order valence-electron chi connectivity index (χ0n) is 17.4. The lowest BCUT2D eigenvalue weighted by atomic mass is 9.83. The molecule has 1 aliphatic carbocycles. The van der Waals surface area contributed by atoms with E-state index in [-0.39, 0.29) is 16.5 Å². The van der Waals surface area contributed by atoms with Gasteiger partial charge in [-0.25, -0.2) is 0 Å². The molecule has 1 aromatic carbocycles. The lowest BCUT2D eigenvalue weighted by molar-refractivity contribution is 0.00963. The van der Waals surface area contributed by atoms with Crippen LogP contribution in [0.2, 0.25) is 18.1 Å². The van der Waals surface area contributed by atoms with Crippen LogP contribution in [0.1, 0.15) is 63.7 Å². The van der Waals surface area contributed by atoms with Crippen LogP contribution in [0.25, 0.3) is 0 Å². The lowest BCUT2D eigenvalue weighted by Crippen LogP contribution is -2.51. The fraction of sp³-hybridized carbons (Fsp3) is 0.667. The van der Waals surface area contributed by atoms with Crippen LogP contribution < -0.4 is 0 Å². The number of nitrogens with zero attached hydrogens (tertiary/aromatic N) is 1. The maximum Gasteiger partial charge on any atom is 0.253 e. The largest absolute Gasteiger partial charge is 0.412 e. The maximum absolute atomic E-state index is 12.8. The number of amides is 1. The first kappa shape index (κ1) is 21.6. The zero-order chi connectivity index (χ0) is 19.8. The Kier molecular flexibility index (Phi) is 6.46. The van der Waals surface area contributed by atoms with E-state index < -0.39 is 8.32 Å². The number of hydrogen-bond acceptors (Lipinski definition) is 2. The molecule has 5 heteroatoms. The van der Waals surface area contributed by atoms with Gasteiger partial charge in [-0.05, 0) is 75.0 Å². The summed E-state index contributed by atoms with van der Waals surface area (Å²) in [5, 5.41) is 0.223. The molecule has 146 valence electrons. The zero-order valence-corrected chi connectivity index (χ0v) is 19.9. The number of carbonyl (C=O) groups excluding carboxylic acids is 1. The molecule has 26 heavy (non-hydrogen) atoms. The Hall–Kier alpha value is -0.653. The SMILES string of the molecule is CN(C(=O)c1ccc(Br)cc1)[C@H]1CC[C@@](C)(O[Si](C)(C)C(C)(C)C)CC1. The van der Waals surface area contributed by atoms with E-state index in [1.165, 1.54) is 0 Å². The van der Waals surface area contributed by atoms with Gasteiger partial charge >= 0.3 is 0 Å². The summed E-state index contributed by atoms with van der Waals surface area (Å²) in [7, 11) is 0.158. The second kappa shape index (κ2) is 7.76. The summed E-state index contributed by atoms with van der Waals surface area (Å²) in [6.07, 6.45) is 4.04. The number of rotatable bonds is 4. The van der Waals surface area contributed by atoms with Crippen molar-refractivity contribution in [1.29, 1.82) is 0 Å². The molecule has 1 aromatic rings. The van der Waals surface area contributed by atoms with Gasteiger partial charge in [-0.3, -0.25) is 4.79 Å². The quantitative estimate of drug-likeness (QED) is 0.519. The molecule has 0 unspecified atom stereocenters. The second-order valence-corrected chi connectivity index (χ2v) is 15.1. The Labute approximate surface area is 168 Å². The molecule has 1 fully saturated rings. The Balaban J connectivity index is 1.98. The van der Waals surface area contributed by atoms with Crippen LogP contribution >= 0.6 is 15.9 Å². The molecule has 1 saturated carbocycles. The molecular formula is C21H34BrNO2Si. The molecule has 1 aliphatic rings. The van der Waals surface area contributed by atoms with Gasteiger partial charge in [0, 0.05) is 23.1 Å². The summed E-state index contributed by atoms with van der Waals surface area (Å²) in [5.74, 6) is 0.108. The summed E-state index contributed by atoms with van der Waals surface area (Å²) in [6, 6.07) is 7.91. The smallest absolute Gasteiger partial charge is 0.253 e. The molecule has 0 N–H and O–H groups in total. The van der Waals surface area contributed by atoms with Gasteiger partial charge in [0.1, 0.15) is 0 Å². The number of benzene rings is 1. The van der Waals surface area contributed by atoms with Gasteiger partial charge in [-0.2, -0.15) is 0 Å². The van der Waals surface area contributed by atoms with Crippen molar-refractivity contribution in [2.75, 3.05) is 7.05 Å². The first-order valence-corrected chi connectivity index (χ1v) is 13.3. The number of carbonyl (C=O) groups is 1. The van der Waals surface area contributed by atoms with E-state index in [1.54, 1.807) is 0 Å². The Morgan fingerprint density at radius 3 is 2.15 bits per heavy atom. The van der Waals surface area contributed by atoms with Gasteiger partial charge in [-0.15, -0.1) is 0 Å². The molecular weight excluding hydrogens is 406 g/mol. The van der Waals surface area contributed by atoms with E-state index in [1.807, 2.05) is 36.2 Å². The van der Waals surface area contributed by atoms with E-state index in [9.17, 15) is 4.79 Å². The van der Waals surface area contributed by atoms with Gasteiger partial charge in [-0.1, -0.05) is 36.7 Å². The maximum atomic E-state index is 12.8. The van der Waals surface area contributed by atoms with Gasteiger partial charge in [0.05, 0.1) is 5.60 Å². The highest BCUT2D eigenvalue weighted by atomic mass is 79.9. The summed E-state index contributed by atoms with van der Waals surface area (Å²) < 4.78 is 7.74. The van der Waals surface area contributed by atoms with Crippen molar-refractivity contribution >= 4 is 30.2 Å². The van der Waals surface area contributed by atoms with Crippen LogP contribution in [0.15, 0.2) is 28.7 Å². The Bertz CT molecular complexity index is 628. The third kappa shape index (κ3) is 4.99. The van der Waals surface area contributed by atoms with E-state index >= 15 is 0 Å². The van der Waals surface area contributed by atoms with Gasteiger partial charge in [0.15, 0.2) is 8.32 Å². The first-order valence-electron chi connectivity index (χ1n) is 9.58. The molecule has 3 nitrogen and oxygen atoms in total. The van der Waals surface area contributed by atoms with Crippen molar-refractivity contribution in [3.63, 3.8) is 0 Å². The van der Waals surface area contributed by atoms with Crippen molar-refractivity contribution in [2.45, 2.75) is 83.2 Å².